The Kier molecular flexibility index (Phi) is 8.14. The number of amides is 1. The van der Waals surface area contributed by atoms with E-state index < -0.39 is 23.5 Å². The van der Waals surface area contributed by atoms with E-state index in [9.17, 15) is 23.2 Å². The first-order valence-electron chi connectivity index (χ1n) is 16.9. The summed E-state index contributed by atoms with van der Waals surface area (Å²) in [5.41, 5.74) is 4.54. The van der Waals surface area contributed by atoms with Gasteiger partial charge in [-0.1, -0.05) is 41.9 Å². The molecule has 8 rings (SSSR count). The maximum Gasteiger partial charge on any atom is 0.332 e. The standard InChI is InChI=1S/C37H35ClF2N8O4/c1-18-20(7-6-10-23(18)41-31-28-33(44-32(43-31)30(39)40)46(2)36(51)47(3)35(28)50)21-8-5-9-22(29(21)38)24-15-19-11-12-25(27(19)34(42-24)52-4)48-16-37(17-48)14-13-26(49)45-37/h5-10,15,25,30H,11-14,16-17H2,1-4H3,(H,45,49)(H,41,43,44). The second-order valence-corrected chi connectivity index (χ2v) is 14.2. The van der Waals surface area contributed by atoms with E-state index in [-0.39, 0.29) is 34.3 Å². The number of carbonyl (C=O) groups is 1. The lowest BCUT2D eigenvalue weighted by atomic mass is 9.86. The van der Waals surface area contributed by atoms with Gasteiger partial charge in [0.2, 0.25) is 11.8 Å². The van der Waals surface area contributed by atoms with Gasteiger partial charge in [0.1, 0.15) is 11.2 Å². The van der Waals surface area contributed by atoms with E-state index >= 15 is 0 Å². The number of likely N-dealkylation sites (tertiary alicyclic amines) is 1. The van der Waals surface area contributed by atoms with Crippen LogP contribution in [0.15, 0.2) is 52.1 Å². The van der Waals surface area contributed by atoms with Crippen molar-refractivity contribution in [1.29, 1.82) is 0 Å². The first-order chi connectivity index (χ1) is 24.9. The zero-order chi connectivity index (χ0) is 36.6. The number of aryl methyl sites for hydroxylation is 2. The largest absolute Gasteiger partial charge is 0.481 e. The van der Waals surface area contributed by atoms with Crippen molar-refractivity contribution in [3.05, 3.63) is 90.8 Å². The molecule has 1 aliphatic carbocycles. The highest BCUT2D eigenvalue weighted by Crippen LogP contribution is 2.48. The first-order valence-corrected chi connectivity index (χ1v) is 17.3. The lowest BCUT2D eigenvalue weighted by Gasteiger charge is -2.50. The maximum absolute atomic E-state index is 13.9. The molecule has 12 nitrogen and oxygen atoms in total. The number of hydrogen-bond donors (Lipinski definition) is 2. The van der Waals surface area contributed by atoms with Gasteiger partial charge in [0.15, 0.2) is 11.5 Å². The van der Waals surface area contributed by atoms with Gasteiger partial charge in [-0.2, -0.15) is 0 Å². The molecule has 15 heteroatoms. The number of ether oxygens (including phenoxy) is 1. The molecule has 2 fully saturated rings. The molecule has 3 aliphatic rings. The fourth-order valence-corrected chi connectivity index (χ4v) is 8.32. The van der Waals surface area contributed by atoms with E-state index in [2.05, 4.69) is 31.6 Å². The van der Waals surface area contributed by atoms with Crippen molar-refractivity contribution >= 4 is 40.0 Å². The summed E-state index contributed by atoms with van der Waals surface area (Å²) in [6.45, 7) is 3.47. The molecule has 0 saturated carbocycles. The Morgan fingerprint density at radius 3 is 2.44 bits per heavy atom. The van der Waals surface area contributed by atoms with Crippen molar-refractivity contribution in [2.75, 3.05) is 25.5 Å². The zero-order valence-electron chi connectivity index (χ0n) is 28.9. The van der Waals surface area contributed by atoms with E-state index in [1.54, 1.807) is 19.2 Å². The van der Waals surface area contributed by atoms with Crippen molar-refractivity contribution < 1.29 is 18.3 Å². The number of carbonyl (C=O) groups excluding carboxylic acids is 1. The summed E-state index contributed by atoms with van der Waals surface area (Å²) in [5, 5.41) is 6.60. The van der Waals surface area contributed by atoms with Gasteiger partial charge in [-0.25, -0.2) is 28.5 Å². The second-order valence-electron chi connectivity index (χ2n) is 13.8. The smallest absolute Gasteiger partial charge is 0.332 e. The Bertz CT molecular complexity index is 2440. The highest BCUT2D eigenvalue weighted by Gasteiger charge is 2.51. The first kappa shape index (κ1) is 33.9. The van der Waals surface area contributed by atoms with Crippen molar-refractivity contribution in [2.24, 2.45) is 14.1 Å². The highest BCUT2D eigenvalue weighted by atomic mass is 35.5. The van der Waals surface area contributed by atoms with Crippen molar-refractivity contribution in [3.8, 4) is 28.3 Å². The lowest BCUT2D eigenvalue weighted by Crippen LogP contribution is -2.67. The van der Waals surface area contributed by atoms with Crippen LogP contribution >= 0.6 is 11.6 Å². The van der Waals surface area contributed by atoms with Gasteiger partial charge in [0.25, 0.3) is 12.0 Å². The number of hydrogen-bond acceptors (Lipinski definition) is 9. The summed E-state index contributed by atoms with van der Waals surface area (Å²) in [6, 6.07) is 13.3. The van der Waals surface area contributed by atoms with Crippen LogP contribution in [0.1, 0.15) is 54.2 Å². The van der Waals surface area contributed by atoms with Crippen molar-refractivity contribution in [2.45, 2.75) is 50.6 Å². The van der Waals surface area contributed by atoms with Gasteiger partial charge in [-0.05, 0) is 55.0 Å². The van der Waals surface area contributed by atoms with Gasteiger partial charge in [-0.15, -0.1) is 0 Å². The summed E-state index contributed by atoms with van der Waals surface area (Å²) in [5.74, 6) is -0.288. The molecule has 2 aromatic carbocycles. The predicted octanol–water partition coefficient (Wildman–Crippen LogP) is 5.36. The topological polar surface area (TPSA) is 136 Å². The third kappa shape index (κ3) is 5.34. The Hall–Kier alpha value is -5.21. The van der Waals surface area contributed by atoms with Crippen LogP contribution in [0.25, 0.3) is 33.4 Å². The van der Waals surface area contributed by atoms with E-state index in [0.29, 0.717) is 45.4 Å². The molecule has 5 aromatic rings. The molecular formula is C37H35ClF2N8O4. The normalized spacial score (nSPS) is 17.8. The number of benzene rings is 2. The summed E-state index contributed by atoms with van der Waals surface area (Å²) in [7, 11) is 4.29. The fourth-order valence-electron chi connectivity index (χ4n) is 7.99. The highest BCUT2D eigenvalue weighted by molar-refractivity contribution is 6.36. The minimum Gasteiger partial charge on any atom is -0.481 e. The molecule has 0 bridgehead atoms. The fraction of sp³-hybridized carbons (Fsp3) is 0.351. The Labute approximate surface area is 301 Å². The summed E-state index contributed by atoms with van der Waals surface area (Å²) >= 11 is 7.18. The molecular weight excluding hydrogens is 694 g/mol. The molecule has 2 saturated heterocycles. The molecule has 1 unspecified atom stereocenters. The molecule has 268 valence electrons. The SMILES string of the molecule is COc1nc(-c2cccc(-c3cccc(Nc4nc(C(F)F)nc5c4c(=O)n(C)c(=O)n5C)c3C)c2Cl)cc2c1C(N1CC3(CCC(=O)N3)C1)CC2. The Morgan fingerprint density at radius 1 is 1.00 bits per heavy atom. The van der Waals surface area contributed by atoms with Gasteiger partial charge >= 0.3 is 5.69 Å². The number of nitrogens with zero attached hydrogens (tertiary/aromatic N) is 6. The van der Waals surface area contributed by atoms with Crippen LogP contribution < -0.4 is 26.6 Å². The molecule has 1 amide bonds. The number of fused-ring (bicyclic) bond motifs is 2. The van der Waals surface area contributed by atoms with Crippen LogP contribution in [-0.4, -0.2) is 60.6 Å². The van der Waals surface area contributed by atoms with Gasteiger partial charge in [-0.3, -0.25) is 23.6 Å². The molecule has 52 heavy (non-hydrogen) atoms. The number of rotatable bonds is 7. The number of aromatic nitrogens is 5. The number of halogens is 3. The number of nitrogens with one attached hydrogen (secondary N) is 2. The average Bonchev–Trinajstić information content (AvgIpc) is 3.73. The Morgan fingerprint density at radius 2 is 1.73 bits per heavy atom. The minimum absolute atomic E-state index is 0.100. The molecule has 2 aliphatic heterocycles. The number of anilines is 2. The maximum atomic E-state index is 13.9. The van der Waals surface area contributed by atoms with Crippen LogP contribution in [0, 0.1) is 6.92 Å². The van der Waals surface area contributed by atoms with E-state index in [1.165, 1.54) is 14.1 Å². The van der Waals surface area contributed by atoms with Gasteiger partial charge in [0.05, 0.1) is 23.4 Å². The van der Waals surface area contributed by atoms with Gasteiger partial charge in [0, 0.05) is 62.0 Å². The molecule has 5 heterocycles. The number of alkyl halides is 2. The van der Waals surface area contributed by atoms with Crippen LogP contribution in [0.2, 0.25) is 5.02 Å². The molecule has 1 atom stereocenters. The lowest BCUT2D eigenvalue weighted by molar-refractivity contribution is -0.121. The zero-order valence-corrected chi connectivity index (χ0v) is 29.6. The third-order valence-electron chi connectivity index (χ3n) is 10.7. The number of pyridine rings is 1. The molecule has 0 radical (unpaired) electrons. The van der Waals surface area contributed by atoms with Crippen molar-refractivity contribution in [3.63, 3.8) is 0 Å². The van der Waals surface area contributed by atoms with Crippen LogP contribution in [0.4, 0.5) is 20.3 Å². The summed E-state index contributed by atoms with van der Waals surface area (Å²) in [6.07, 6.45) is 0.183. The van der Waals surface area contributed by atoms with Crippen LogP contribution in [-0.2, 0) is 25.3 Å². The number of methoxy groups -OCH3 is 1. The van der Waals surface area contributed by atoms with Crippen LogP contribution in [0.5, 0.6) is 5.88 Å². The van der Waals surface area contributed by atoms with Crippen LogP contribution in [0.3, 0.4) is 0 Å². The monoisotopic (exact) mass is 728 g/mol. The van der Waals surface area contributed by atoms with E-state index in [1.807, 2.05) is 31.2 Å². The van der Waals surface area contributed by atoms with Gasteiger partial charge < -0.3 is 15.4 Å². The molecule has 1 spiro atoms. The third-order valence-corrected chi connectivity index (χ3v) is 11.1. The van der Waals surface area contributed by atoms with E-state index in [0.717, 1.165) is 58.2 Å². The van der Waals surface area contributed by atoms with E-state index in [4.69, 9.17) is 21.3 Å². The quantitative estimate of drug-likeness (QED) is 0.227. The minimum atomic E-state index is -3.04. The molecule has 2 N–H and O–H groups in total. The Balaban J connectivity index is 1.14. The summed E-state index contributed by atoms with van der Waals surface area (Å²) in [4.78, 5) is 52.9. The summed E-state index contributed by atoms with van der Waals surface area (Å²) < 4.78 is 35.6. The van der Waals surface area contributed by atoms with Crippen molar-refractivity contribution in [1.82, 2.24) is 34.3 Å². The average molecular weight is 729 g/mol. The predicted molar refractivity (Wildman–Crippen MR) is 192 cm³/mol. The second kappa shape index (κ2) is 12.5. The molecule has 3 aromatic heterocycles.